The third-order valence-corrected chi connectivity index (χ3v) is 6.96. The number of ether oxygens (including phenoxy) is 1. The Labute approximate surface area is 199 Å². The Morgan fingerprint density at radius 3 is 2.47 bits per heavy atom. The Hall–Kier alpha value is -2.82. The molecular weight excluding hydrogens is 461 g/mol. The Bertz CT molecular complexity index is 1060. The van der Waals surface area contributed by atoms with Gasteiger partial charge in [0, 0.05) is 18.8 Å². The summed E-state index contributed by atoms with van der Waals surface area (Å²) >= 11 is 0. The predicted molar refractivity (Wildman–Crippen MR) is 126 cm³/mol. The van der Waals surface area contributed by atoms with Crippen molar-refractivity contribution in [1.29, 1.82) is 0 Å². The number of rotatable bonds is 11. The maximum atomic E-state index is 13.6. The SMILES string of the molecule is CCC[C@@H](C(=O)NC[C@H]1CCCO1)N(C(=O)CNS(=O)(=O)c1ccccc1)c1ccc(F)cc1. The Balaban J connectivity index is 1.81. The van der Waals surface area contributed by atoms with Gasteiger partial charge < -0.3 is 10.1 Å². The van der Waals surface area contributed by atoms with Crippen molar-refractivity contribution in [3.05, 3.63) is 60.4 Å². The molecule has 8 nitrogen and oxygen atoms in total. The summed E-state index contributed by atoms with van der Waals surface area (Å²) in [5, 5.41) is 2.85. The van der Waals surface area contributed by atoms with Crippen molar-refractivity contribution in [1.82, 2.24) is 10.0 Å². The molecule has 1 aliphatic heterocycles. The topological polar surface area (TPSA) is 105 Å². The van der Waals surface area contributed by atoms with Crippen LogP contribution in [-0.2, 0) is 24.3 Å². The van der Waals surface area contributed by atoms with Crippen molar-refractivity contribution in [2.45, 2.75) is 49.6 Å². The molecular formula is C24H30FN3O5S. The number of hydrogen-bond donors (Lipinski definition) is 2. The van der Waals surface area contributed by atoms with Gasteiger partial charge in [0.15, 0.2) is 0 Å². The average Bonchev–Trinajstić information content (AvgIpc) is 3.36. The largest absolute Gasteiger partial charge is 0.376 e. The minimum atomic E-state index is -3.93. The maximum absolute atomic E-state index is 13.6. The summed E-state index contributed by atoms with van der Waals surface area (Å²) in [4.78, 5) is 27.7. The van der Waals surface area contributed by atoms with Crippen LogP contribution in [0.4, 0.5) is 10.1 Å². The van der Waals surface area contributed by atoms with Crippen molar-refractivity contribution in [2.75, 3.05) is 24.6 Å². The lowest BCUT2D eigenvalue weighted by Gasteiger charge is -2.31. The molecule has 2 N–H and O–H groups in total. The zero-order valence-electron chi connectivity index (χ0n) is 19.1. The molecule has 0 unspecified atom stereocenters. The van der Waals surface area contributed by atoms with Crippen LogP contribution < -0.4 is 14.9 Å². The van der Waals surface area contributed by atoms with Crippen LogP contribution in [0.25, 0.3) is 0 Å². The number of nitrogens with zero attached hydrogens (tertiary/aromatic N) is 1. The minimum absolute atomic E-state index is 0.0237. The van der Waals surface area contributed by atoms with Gasteiger partial charge in [-0.3, -0.25) is 14.5 Å². The van der Waals surface area contributed by atoms with E-state index in [0.29, 0.717) is 31.7 Å². The highest BCUT2D eigenvalue weighted by Crippen LogP contribution is 2.21. The zero-order valence-corrected chi connectivity index (χ0v) is 19.9. The van der Waals surface area contributed by atoms with Crippen molar-refractivity contribution < 1.29 is 27.1 Å². The van der Waals surface area contributed by atoms with Crippen molar-refractivity contribution in [3.8, 4) is 0 Å². The number of nitrogens with one attached hydrogen (secondary N) is 2. The molecule has 2 aromatic rings. The Morgan fingerprint density at radius 1 is 1.15 bits per heavy atom. The van der Waals surface area contributed by atoms with Crippen LogP contribution in [0.2, 0.25) is 0 Å². The fourth-order valence-electron chi connectivity index (χ4n) is 3.81. The van der Waals surface area contributed by atoms with E-state index in [2.05, 4.69) is 10.0 Å². The van der Waals surface area contributed by atoms with Gasteiger partial charge in [-0.15, -0.1) is 0 Å². The first-order valence-electron chi connectivity index (χ1n) is 11.3. The number of anilines is 1. The average molecular weight is 492 g/mol. The molecule has 0 aromatic heterocycles. The number of hydrogen-bond acceptors (Lipinski definition) is 5. The van der Waals surface area contributed by atoms with Crippen molar-refractivity contribution >= 4 is 27.5 Å². The van der Waals surface area contributed by atoms with Gasteiger partial charge >= 0.3 is 0 Å². The Kier molecular flexibility index (Phi) is 9.14. The van der Waals surface area contributed by atoms with Crippen LogP contribution in [0.5, 0.6) is 0 Å². The fraction of sp³-hybridized carbons (Fsp3) is 0.417. The van der Waals surface area contributed by atoms with E-state index >= 15 is 0 Å². The van der Waals surface area contributed by atoms with Gasteiger partial charge in [-0.2, -0.15) is 0 Å². The molecule has 0 bridgehead atoms. The second-order valence-electron chi connectivity index (χ2n) is 8.06. The van der Waals surface area contributed by atoms with Gasteiger partial charge in [-0.05, 0) is 55.7 Å². The van der Waals surface area contributed by atoms with Crippen molar-refractivity contribution in [3.63, 3.8) is 0 Å². The minimum Gasteiger partial charge on any atom is -0.376 e. The molecule has 1 aliphatic rings. The van der Waals surface area contributed by atoms with Crippen LogP contribution in [0.1, 0.15) is 32.6 Å². The fourth-order valence-corrected chi connectivity index (χ4v) is 4.81. The smallest absolute Gasteiger partial charge is 0.243 e. The number of halogens is 1. The molecule has 1 fully saturated rings. The molecule has 0 radical (unpaired) electrons. The number of benzene rings is 2. The lowest BCUT2D eigenvalue weighted by atomic mass is 10.1. The normalized spacial score (nSPS) is 16.7. The van der Waals surface area contributed by atoms with E-state index in [-0.39, 0.29) is 16.9 Å². The van der Waals surface area contributed by atoms with E-state index < -0.39 is 34.3 Å². The third-order valence-electron chi connectivity index (χ3n) is 5.54. The second kappa shape index (κ2) is 12.0. The molecule has 1 saturated heterocycles. The van der Waals surface area contributed by atoms with E-state index in [9.17, 15) is 22.4 Å². The summed E-state index contributed by atoms with van der Waals surface area (Å²) in [6, 6.07) is 12.0. The Morgan fingerprint density at radius 2 is 1.85 bits per heavy atom. The number of amides is 2. The third kappa shape index (κ3) is 6.85. The molecule has 184 valence electrons. The van der Waals surface area contributed by atoms with E-state index in [4.69, 9.17) is 4.74 Å². The van der Waals surface area contributed by atoms with Gasteiger partial charge in [-0.25, -0.2) is 17.5 Å². The lowest BCUT2D eigenvalue weighted by Crippen LogP contribution is -2.53. The van der Waals surface area contributed by atoms with Crippen LogP contribution in [0.3, 0.4) is 0 Å². The summed E-state index contributed by atoms with van der Waals surface area (Å²) in [7, 11) is -3.93. The van der Waals surface area contributed by atoms with Gasteiger partial charge in [-0.1, -0.05) is 31.5 Å². The molecule has 0 aliphatic carbocycles. The standard InChI is InChI=1S/C24H30FN3O5S/c1-2-7-22(24(30)26-16-20-8-6-15-33-20)28(19-13-11-18(25)12-14-19)23(29)17-27-34(31,32)21-9-4-3-5-10-21/h3-5,9-14,20,22,27H,2,6-8,15-17H2,1H3,(H,26,30)/t20-,22+/m1/s1. The van der Waals surface area contributed by atoms with Gasteiger partial charge in [0.2, 0.25) is 21.8 Å². The highest BCUT2D eigenvalue weighted by molar-refractivity contribution is 7.89. The molecule has 3 rings (SSSR count). The highest BCUT2D eigenvalue weighted by Gasteiger charge is 2.32. The van der Waals surface area contributed by atoms with Crippen LogP contribution in [0.15, 0.2) is 59.5 Å². The summed E-state index contributed by atoms with van der Waals surface area (Å²) < 4.78 is 46.6. The monoisotopic (exact) mass is 491 g/mol. The summed E-state index contributed by atoms with van der Waals surface area (Å²) in [5.74, 6) is -1.49. The number of sulfonamides is 1. The molecule has 1 heterocycles. The zero-order chi connectivity index (χ0) is 24.6. The van der Waals surface area contributed by atoms with Gasteiger partial charge in [0.1, 0.15) is 11.9 Å². The van der Waals surface area contributed by atoms with Gasteiger partial charge in [0.05, 0.1) is 17.5 Å². The van der Waals surface area contributed by atoms with Crippen LogP contribution >= 0.6 is 0 Å². The summed E-state index contributed by atoms with van der Waals surface area (Å²) in [6.45, 7) is 2.30. The second-order valence-corrected chi connectivity index (χ2v) is 9.83. The van der Waals surface area contributed by atoms with E-state index in [0.717, 1.165) is 12.8 Å². The van der Waals surface area contributed by atoms with Crippen LogP contribution in [-0.4, -0.2) is 52.1 Å². The van der Waals surface area contributed by atoms with Gasteiger partial charge in [0.25, 0.3) is 0 Å². The number of carbonyl (C=O) groups excluding carboxylic acids is 2. The molecule has 34 heavy (non-hydrogen) atoms. The molecule has 10 heteroatoms. The quantitative estimate of drug-likeness (QED) is 0.503. The molecule has 0 spiro atoms. The molecule has 2 atom stereocenters. The first-order chi connectivity index (χ1) is 16.3. The lowest BCUT2D eigenvalue weighted by molar-refractivity contribution is -0.126. The van der Waals surface area contributed by atoms with Crippen LogP contribution in [0, 0.1) is 5.82 Å². The first-order valence-corrected chi connectivity index (χ1v) is 12.8. The van der Waals surface area contributed by atoms with E-state index in [1.165, 1.54) is 41.3 Å². The summed E-state index contributed by atoms with van der Waals surface area (Å²) in [5.41, 5.74) is 0.302. The van der Waals surface area contributed by atoms with Crippen molar-refractivity contribution in [2.24, 2.45) is 0 Å². The summed E-state index contributed by atoms with van der Waals surface area (Å²) in [6.07, 6.45) is 2.64. The molecule has 0 saturated carbocycles. The van der Waals surface area contributed by atoms with E-state index in [1.54, 1.807) is 18.2 Å². The van der Waals surface area contributed by atoms with E-state index in [1.807, 2.05) is 6.92 Å². The predicted octanol–water partition coefficient (Wildman–Crippen LogP) is 2.60. The molecule has 2 amide bonds. The first kappa shape index (κ1) is 25.8. The highest BCUT2D eigenvalue weighted by atomic mass is 32.2. The maximum Gasteiger partial charge on any atom is 0.243 e. The number of carbonyl (C=O) groups is 2. The molecule has 2 aromatic carbocycles.